The van der Waals surface area contributed by atoms with Crippen molar-refractivity contribution >= 4 is 115 Å². The summed E-state index contributed by atoms with van der Waals surface area (Å²) in [4.78, 5) is 2.41. The summed E-state index contributed by atoms with van der Waals surface area (Å²) in [6.07, 6.45) is 0. The SMILES string of the molecule is c1ccc(N(c2ccccc2)c2ccc3c4cc5c(cc4n4c6ccccc6c2c34)c2cc3c4ccccc4n(-c4ccccc4)c3c3c4ccccc4n5c23)cc1. The van der Waals surface area contributed by atoms with E-state index in [1.54, 1.807) is 0 Å². The minimum atomic E-state index is 1.13. The smallest absolute Gasteiger partial charge is 0.0642 e. The van der Waals surface area contributed by atoms with E-state index in [0.29, 0.717) is 0 Å². The molecule has 0 saturated heterocycles. The number of hydrogen-bond acceptors (Lipinski definition) is 1. The van der Waals surface area contributed by atoms with Gasteiger partial charge in [0.05, 0.1) is 49.8 Å². The van der Waals surface area contributed by atoms with Crippen LogP contribution in [-0.2, 0) is 0 Å². The molecule has 0 aliphatic heterocycles. The standard InChI is InChI=1S/C54H32N4/c1-4-16-33(17-5-1)55(34-18-6-2-7-19-34)47-29-28-37-40-31-49-41(32-48(40)57-45-26-14-11-23-38(45)50(47)52(37)57)43-30-42-36-22-10-13-25-44(36)56(35-20-8-3-9-21-35)53(42)51-39-24-12-15-27-46(39)58(49)54(43)51/h1-32H. The molecule has 14 rings (SSSR count). The first kappa shape index (κ1) is 30.4. The molecule has 0 bridgehead atoms. The first-order valence-corrected chi connectivity index (χ1v) is 20.0. The second-order valence-corrected chi connectivity index (χ2v) is 15.7. The summed E-state index contributed by atoms with van der Waals surface area (Å²) < 4.78 is 7.57. The Bertz CT molecular complexity index is 3910. The number of hydrogen-bond donors (Lipinski definition) is 0. The molecule has 58 heavy (non-hydrogen) atoms. The number of aromatic nitrogens is 3. The lowest BCUT2D eigenvalue weighted by Gasteiger charge is -2.26. The number of nitrogens with zero attached hydrogens (tertiary/aromatic N) is 4. The van der Waals surface area contributed by atoms with Crippen LogP contribution in [-0.4, -0.2) is 13.4 Å². The monoisotopic (exact) mass is 736 g/mol. The van der Waals surface area contributed by atoms with Gasteiger partial charge in [-0.25, -0.2) is 0 Å². The van der Waals surface area contributed by atoms with Gasteiger partial charge in [0.15, 0.2) is 0 Å². The molecule has 0 aliphatic carbocycles. The maximum Gasteiger partial charge on any atom is 0.0642 e. The molecule has 0 spiro atoms. The summed E-state index contributed by atoms with van der Waals surface area (Å²) in [5.74, 6) is 0. The van der Waals surface area contributed by atoms with Gasteiger partial charge in [-0.2, -0.15) is 0 Å². The van der Waals surface area contributed by atoms with Crippen LogP contribution in [0, 0.1) is 0 Å². The van der Waals surface area contributed by atoms with E-state index < -0.39 is 0 Å². The summed E-state index contributed by atoms with van der Waals surface area (Å²) in [7, 11) is 0. The molecule has 0 aliphatic rings. The van der Waals surface area contributed by atoms with E-state index in [0.717, 1.165) is 11.4 Å². The van der Waals surface area contributed by atoms with E-state index >= 15 is 0 Å². The van der Waals surface area contributed by atoms with E-state index in [1.165, 1.54) is 109 Å². The van der Waals surface area contributed by atoms with Crippen molar-refractivity contribution in [2.24, 2.45) is 0 Å². The van der Waals surface area contributed by atoms with Crippen molar-refractivity contribution in [2.45, 2.75) is 0 Å². The van der Waals surface area contributed by atoms with Crippen LogP contribution in [0.1, 0.15) is 0 Å². The van der Waals surface area contributed by atoms with E-state index in [-0.39, 0.29) is 0 Å². The van der Waals surface area contributed by atoms with Crippen molar-refractivity contribution in [3.05, 3.63) is 194 Å². The van der Waals surface area contributed by atoms with Gasteiger partial charge < -0.3 is 18.3 Å². The normalized spacial score (nSPS) is 12.5. The van der Waals surface area contributed by atoms with Gasteiger partial charge in [-0.05, 0) is 78.9 Å². The minimum absolute atomic E-state index is 1.13. The van der Waals surface area contributed by atoms with Crippen molar-refractivity contribution in [3.63, 3.8) is 0 Å². The van der Waals surface area contributed by atoms with Gasteiger partial charge in [-0.15, -0.1) is 0 Å². The van der Waals surface area contributed by atoms with Crippen LogP contribution in [0.5, 0.6) is 0 Å². The number of rotatable bonds is 4. The second-order valence-electron chi connectivity index (χ2n) is 15.7. The molecule has 4 nitrogen and oxygen atoms in total. The summed E-state index contributed by atoms with van der Waals surface area (Å²) >= 11 is 0. The van der Waals surface area contributed by atoms with Crippen molar-refractivity contribution in [1.82, 2.24) is 13.4 Å². The minimum Gasteiger partial charge on any atom is -0.310 e. The predicted octanol–water partition coefficient (Wildman–Crippen LogP) is 14.6. The van der Waals surface area contributed by atoms with Crippen LogP contribution >= 0.6 is 0 Å². The van der Waals surface area contributed by atoms with Gasteiger partial charge in [0.25, 0.3) is 0 Å². The van der Waals surface area contributed by atoms with Crippen LogP contribution in [0.25, 0.3) is 104 Å². The van der Waals surface area contributed by atoms with Crippen molar-refractivity contribution < 1.29 is 0 Å². The van der Waals surface area contributed by atoms with E-state index in [4.69, 9.17) is 0 Å². The Labute approximate surface area is 331 Å². The number of para-hydroxylation sites is 6. The molecule has 14 aromatic rings. The Morgan fingerprint density at radius 3 is 1.41 bits per heavy atom. The summed E-state index contributed by atoms with van der Waals surface area (Å²) in [6, 6.07) is 71.4. The molecule has 5 heterocycles. The van der Waals surface area contributed by atoms with Crippen LogP contribution in [0.2, 0.25) is 0 Å². The van der Waals surface area contributed by atoms with Crippen molar-refractivity contribution in [2.75, 3.05) is 4.90 Å². The molecule has 0 fully saturated rings. The molecule has 0 N–H and O–H groups in total. The zero-order chi connectivity index (χ0) is 37.6. The molecule has 0 radical (unpaired) electrons. The first-order chi connectivity index (χ1) is 28.8. The summed E-state index contributed by atoms with van der Waals surface area (Å²) in [5, 5.41) is 12.8. The highest BCUT2D eigenvalue weighted by Gasteiger charge is 2.28. The van der Waals surface area contributed by atoms with Crippen LogP contribution in [0.4, 0.5) is 17.1 Å². The highest BCUT2D eigenvalue weighted by atomic mass is 15.1. The fourth-order valence-corrected chi connectivity index (χ4v) is 10.6. The van der Waals surface area contributed by atoms with Gasteiger partial charge in [0.1, 0.15) is 0 Å². The van der Waals surface area contributed by atoms with Crippen LogP contribution < -0.4 is 4.90 Å². The van der Waals surface area contributed by atoms with E-state index in [1.807, 2.05) is 0 Å². The van der Waals surface area contributed by atoms with Gasteiger partial charge >= 0.3 is 0 Å². The first-order valence-electron chi connectivity index (χ1n) is 20.0. The number of fused-ring (bicyclic) bond motifs is 16. The lowest BCUT2D eigenvalue weighted by molar-refractivity contribution is 1.19. The third kappa shape index (κ3) is 3.70. The number of anilines is 3. The molecule has 0 unspecified atom stereocenters. The third-order valence-electron chi connectivity index (χ3n) is 12.8. The lowest BCUT2D eigenvalue weighted by Crippen LogP contribution is -2.10. The third-order valence-corrected chi connectivity index (χ3v) is 12.8. The highest BCUT2D eigenvalue weighted by Crippen LogP contribution is 2.50. The van der Waals surface area contributed by atoms with Crippen LogP contribution in [0.15, 0.2) is 194 Å². The highest BCUT2D eigenvalue weighted by molar-refractivity contribution is 6.36. The van der Waals surface area contributed by atoms with Crippen LogP contribution in [0.3, 0.4) is 0 Å². The zero-order valence-corrected chi connectivity index (χ0v) is 31.3. The topological polar surface area (TPSA) is 17.0 Å². The maximum atomic E-state index is 2.55. The zero-order valence-electron chi connectivity index (χ0n) is 31.3. The molecule has 0 amide bonds. The Morgan fingerprint density at radius 2 is 0.776 bits per heavy atom. The van der Waals surface area contributed by atoms with Gasteiger partial charge in [-0.1, -0.05) is 115 Å². The Hall–Kier alpha value is -7.82. The molecule has 9 aromatic carbocycles. The molecule has 5 aromatic heterocycles. The molecule has 268 valence electrons. The Balaban J connectivity index is 1.16. The summed E-state index contributed by atoms with van der Waals surface area (Å²) in [5.41, 5.74) is 14.6. The maximum absolute atomic E-state index is 2.55. The second kappa shape index (κ2) is 10.9. The Morgan fingerprint density at radius 1 is 0.293 bits per heavy atom. The number of benzene rings is 9. The van der Waals surface area contributed by atoms with Crippen molar-refractivity contribution in [1.29, 1.82) is 0 Å². The van der Waals surface area contributed by atoms with Gasteiger partial charge in [0, 0.05) is 70.9 Å². The average Bonchev–Trinajstić information content (AvgIpc) is 4.07. The fraction of sp³-hybridized carbons (Fsp3) is 0. The lowest BCUT2D eigenvalue weighted by atomic mass is 10.0. The van der Waals surface area contributed by atoms with Crippen molar-refractivity contribution in [3.8, 4) is 5.69 Å². The summed E-state index contributed by atoms with van der Waals surface area (Å²) in [6.45, 7) is 0. The molecule has 0 saturated carbocycles. The molecule has 0 atom stereocenters. The predicted molar refractivity (Wildman–Crippen MR) is 245 cm³/mol. The Kier molecular flexibility index (Phi) is 5.73. The van der Waals surface area contributed by atoms with Gasteiger partial charge in [0.2, 0.25) is 0 Å². The molecular formula is C54H32N4. The quantitative estimate of drug-likeness (QED) is 0.176. The molecular weight excluding hydrogens is 705 g/mol. The van der Waals surface area contributed by atoms with Gasteiger partial charge in [-0.3, -0.25) is 0 Å². The largest absolute Gasteiger partial charge is 0.310 e. The van der Waals surface area contributed by atoms with E-state index in [2.05, 4.69) is 212 Å². The average molecular weight is 737 g/mol. The fourth-order valence-electron chi connectivity index (χ4n) is 10.6. The molecule has 4 heteroatoms. The van der Waals surface area contributed by atoms with E-state index in [9.17, 15) is 0 Å².